The third-order valence-corrected chi connectivity index (χ3v) is 3.71. The van der Waals surface area contributed by atoms with Crippen molar-refractivity contribution in [3.05, 3.63) is 35.4 Å². The highest BCUT2D eigenvalue weighted by atomic mass is 19.1. The molecule has 2 rings (SSSR count). The Labute approximate surface area is 113 Å². The van der Waals surface area contributed by atoms with Crippen LogP contribution in [0.15, 0.2) is 18.2 Å². The van der Waals surface area contributed by atoms with Crippen molar-refractivity contribution in [3.63, 3.8) is 0 Å². The molecule has 0 spiro atoms. The second kappa shape index (κ2) is 5.55. The maximum Gasteiger partial charge on any atom is 0.126 e. The molecule has 1 unspecified atom stereocenters. The molecule has 106 valence electrons. The van der Waals surface area contributed by atoms with Crippen molar-refractivity contribution in [2.75, 3.05) is 13.1 Å². The van der Waals surface area contributed by atoms with Crippen LogP contribution in [-0.2, 0) is 6.54 Å². The first-order valence-corrected chi connectivity index (χ1v) is 6.83. The Morgan fingerprint density at radius 1 is 1.26 bits per heavy atom. The van der Waals surface area contributed by atoms with Crippen LogP contribution in [0.2, 0.25) is 0 Å². The van der Waals surface area contributed by atoms with Crippen LogP contribution in [0.4, 0.5) is 8.78 Å². The molecule has 1 fully saturated rings. The Bertz CT molecular complexity index is 426. The van der Waals surface area contributed by atoms with Gasteiger partial charge >= 0.3 is 0 Å². The number of piperazine rings is 1. The van der Waals surface area contributed by atoms with Crippen LogP contribution >= 0.6 is 0 Å². The number of nitrogens with zero attached hydrogens (tertiary/aromatic N) is 1. The van der Waals surface area contributed by atoms with Gasteiger partial charge in [0.05, 0.1) is 0 Å². The molecule has 1 aliphatic heterocycles. The summed E-state index contributed by atoms with van der Waals surface area (Å²) in [6, 6.07) is 4.18. The molecule has 1 N–H and O–H groups in total. The molecule has 0 radical (unpaired) electrons. The van der Waals surface area contributed by atoms with Crippen LogP contribution in [0.3, 0.4) is 0 Å². The van der Waals surface area contributed by atoms with E-state index in [1.54, 1.807) is 0 Å². The van der Waals surface area contributed by atoms with Crippen molar-refractivity contribution < 1.29 is 8.78 Å². The Hall–Kier alpha value is -1.00. The third kappa shape index (κ3) is 3.74. The first-order chi connectivity index (χ1) is 8.89. The average Bonchev–Trinajstić information content (AvgIpc) is 2.26. The maximum atomic E-state index is 13.2. The lowest BCUT2D eigenvalue weighted by molar-refractivity contribution is 0.0857. The summed E-state index contributed by atoms with van der Waals surface area (Å²) >= 11 is 0. The second-order valence-corrected chi connectivity index (χ2v) is 6.01. The summed E-state index contributed by atoms with van der Waals surface area (Å²) in [5.41, 5.74) is 0.742. The molecule has 1 atom stereocenters. The number of hydrogen-bond acceptors (Lipinski definition) is 2. The topological polar surface area (TPSA) is 15.3 Å². The lowest BCUT2D eigenvalue weighted by Crippen LogP contribution is -2.60. The fourth-order valence-corrected chi connectivity index (χ4v) is 2.74. The quantitative estimate of drug-likeness (QED) is 0.906. The minimum absolute atomic E-state index is 0.0392. The molecule has 19 heavy (non-hydrogen) atoms. The fourth-order valence-electron chi connectivity index (χ4n) is 2.74. The molecule has 0 aromatic heterocycles. The Kier molecular flexibility index (Phi) is 4.21. The van der Waals surface area contributed by atoms with E-state index in [2.05, 4.69) is 31.0 Å². The van der Waals surface area contributed by atoms with Gasteiger partial charge in [-0.1, -0.05) is 6.92 Å². The van der Waals surface area contributed by atoms with Gasteiger partial charge in [0.2, 0.25) is 0 Å². The van der Waals surface area contributed by atoms with Crippen molar-refractivity contribution in [3.8, 4) is 0 Å². The van der Waals surface area contributed by atoms with Crippen molar-refractivity contribution in [2.24, 2.45) is 0 Å². The zero-order valence-corrected chi connectivity index (χ0v) is 11.8. The molecule has 1 saturated heterocycles. The lowest BCUT2D eigenvalue weighted by atomic mass is 9.97. The van der Waals surface area contributed by atoms with Crippen LogP contribution in [0.1, 0.15) is 32.8 Å². The summed E-state index contributed by atoms with van der Waals surface area (Å²) in [5.74, 6) is -1.00. The van der Waals surface area contributed by atoms with Crippen molar-refractivity contribution in [1.29, 1.82) is 0 Å². The molecule has 4 heteroatoms. The molecular formula is C15H22F2N2. The van der Waals surface area contributed by atoms with E-state index in [4.69, 9.17) is 0 Å². The molecule has 2 nitrogen and oxygen atoms in total. The summed E-state index contributed by atoms with van der Waals surface area (Å²) in [4.78, 5) is 2.31. The first kappa shape index (κ1) is 14.4. The molecule has 0 saturated carbocycles. The number of hydrogen-bond donors (Lipinski definition) is 1. The molecule has 0 amide bonds. The van der Waals surface area contributed by atoms with E-state index >= 15 is 0 Å². The highest BCUT2D eigenvalue weighted by molar-refractivity contribution is 5.18. The van der Waals surface area contributed by atoms with Gasteiger partial charge in [0.15, 0.2) is 0 Å². The lowest BCUT2D eigenvalue weighted by Gasteiger charge is -2.44. The van der Waals surface area contributed by atoms with Crippen LogP contribution in [-0.4, -0.2) is 29.6 Å². The Balaban J connectivity index is 2.14. The van der Waals surface area contributed by atoms with Crippen LogP contribution < -0.4 is 5.32 Å². The van der Waals surface area contributed by atoms with E-state index in [9.17, 15) is 8.78 Å². The van der Waals surface area contributed by atoms with Crippen LogP contribution in [0, 0.1) is 11.6 Å². The van der Waals surface area contributed by atoms with Gasteiger partial charge in [-0.25, -0.2) is 8.78 Å². The standard InChI is InChI=1S/C15H22F2N2/c1-4-14-8-18-15(2,3)10-19(14)9-11-5-12(16)7-13(17)6-11/h5-7,14,18H,4,8-10H2,1-3H3. The second-order valence-electron chi connectivity index (χ2n) is 6.01. The van der Waals surface area contributed by atoms with Crippen LogP contribution in [0.25, 0.3) is 0 Å². The zero-order valence-electron chi connectivity index (χ0n) is 11.8. The highest BCUT2D eigenvalue weighted by Gasteiger charge is 2.31. The number of halogens is 2. The molecule has 0 aliphatic carbocycles. The summed E-state index contributed by atoms with van der Waals surface area (Å²) in [5, 5.41) is 3.51. The summed E-state index contributed by atoms with van der Waals surface area (Å²) in [7, 11) is 0. The SMILES string of the molecule is CCC1CNC(C)(C)CN1Cc1cc(F)cc(F)c1. The van der Waals surface area contributed by atoms with Gasteiger partial charge in [-0.15, -0.1) is 0 Å². The molecule has 1 aliphatic rings. The van der Waals surface area contributed by atoms with Gasteiger partial charge in [0, 0.05) is 37.3 Å². The fraction of sp³-hybridized carbons (Fsp3) is 0.600. The van der Waals surface area contributed by atoms with Gasteiger partial charge in [0.25, 0.3) is 0 Å². The minimum Gasteiger partial charge on any atom is -0.309 e. The van der Waals surface area contributed by atoms with Gasteiger partial charge in [-0.3, -0.25) is 4.90 Å². The van der Waals surface area contributed by atoms with E-state index in [0.29, 0.717) is 18.2 Å². The Morgan fingerprint density at radius 2 is 1.89 bits per heavy atom. The van der Waals surface area contributed by atoms with E-state index in [-0.39, 0.29) is 5.54 Å². The van der Waals surface area contributed by atoms with Crippen molar-refractivity contribution in [2.45, 2.75) is 45.3 Å². The van der Waals surface area contributed by atoms with Gasteiger partial charge < -0.3 is 5.32 Å². The molecule has 1 aromatic rings. The molecule has 1 heterocycles. The monoisotopic (exact) mass is 268 g/mol. The smallest absolute Gasteiger partial charge is 0.126 e. The van der Waals surface area contributed by atoms with Gasteiger partial charge in [-0.05, 0) is 38.0 Å². The van der Waals surface area contributed by atoms with Gasteiger partial charge in [0.1, 0.15) is 11.6 Å². The minimum atomic E-state index is -0.502. The number of benzene rings is 1. The normalized spacial score (nSPS) is 23.5. The van der Waals surface area contributed by atoms with Crippen molar-refractivity contribution in [1.82, 2.24) is 10.2 Å². The maximum absolute atomic E-state index is 13.2. The van der Waals surface area contributed by atoms with Crippen LogP contribution in [0.5, 0.6) is 0 Å². The summed E-state index contributed by atoms with van der Waals surface area (Å²) in [6.45, 7) is 8.84. The summed E-state index contributed by atoms with van der Waals surface area (Å²) in [6.07, 6.45) is 1.03. The third-order valence-electron chi connectivity index (χ3n) is 3.71. The largest absolute Gasteiger partial charge is 0.309 e. The number of nitrogens with one attached hydrogen (secondary N) is 1. The van der Waals surface area contributed by atoms with E-state index < -0.39 is 11.6 Å². The van der Waals surface area contributed by atoms with Crippen molar-refractivity contribution >= 4 is 0 Å². The molecule has 0 bridgehead atoms. The average molecular weight is 268 g/mol. The zero-order chi connectivity index (χ0) is 14.0. The van der Waals surface area contributed by atoms with E-state index in [1.165, 1.54) is 12.1 Å². The Morgan fingerprint density at radius 3 is 2.47 bits per heavy atom. The highest BCUT2D eigenvalue weighted by Crippen LogP contribution is 2.20. The molecular weight excluding hydrogens is 246 g/mol. The van der Waals surface area contributed by atoms with E-state index in [0.717, 1.165) is 25.6 Å². The summed E-state index contributed by atoms with van der Waals surface area (Å²) < 4.78 is 26.5. The predicted molar refractivity (Wildman–Crippen MR) is 72.9 cm³/mol. The predicted octanol–water partition coefficient (Wildman–Crippen LogP) is 2.93. The van der Waals surface area contributed by atoms with E-state index in [1.807, 2.05) is 0 Å². The first-order valence-electron chi connectivity index (χ1n) is 6.83. The molecule has 1 aromatic carbocycles. The van der Waals surface area contributed by atoms with Gasteiger partial charge in [-0.2, -0.15) is 0 Å². The number of rotatable bonds is 3.